The van der Waals surface area contributed by atoms with Crippen LogP contribution >= 0.6 is 0 Å². The van der Waals surface area contributed by atoms with Crippen molar-refractivity contribution >= 4 is 11.8 Å². The zero-order valence-electron chi connectivity index (χ0n) is 14.7. The van der Waals surface area contributed by atoms with Gasteiger partial charge >= 0.3 is 6.09 Å². The molecule has 2 saturated heterocycles. The first kappa shape index (κ1) is 15.7. The largest absolute Gasteiger partial charge is 0.444 e. The van der Waals surface area contributed by atoms with Crippen molar-refractivity contribution in [1.29, 1.82) is 0 Å². The molecule has 4 rings (SSSR count). The number of amides is 1. The van der Waals surface area contributed by atoms with E-state index in [1.54, 1.807) is 4.90 Å². The van der Waals surface area contributed by atoms with Crippen molar-refractivity contribution in [3.63, 3.8) is 0 Å². The van der Waals surface area contributed by atoms with Crippen LogP contribution < -0.4 is 4.90 Å². The number of carbonyl (C=O) groups is 1. The fourth-order valence-corrected chi connectivity index (χ4v) is 3.79. The number of fused-ring (bicyclic) bond motifs is 3. The molecule has 3 aliphatic heterocycles. The summed E-state index contributed by atoms with van der Waals surface area (Å²) in [7, 11) is 0. The third-order valence-corrected chi connectivity index (χ3v) is 4.88. The standard InChI is InChI=1S/C17H26N4O3/c1-17(2,3)24-16(22)19-6-7-21-15(11-19)14(8-18-21)20-9-12-4-5-13(10-20)23-12/h8,12-13H,4-7,9-11H2,1-3H3. The Morgan fingerprint density at radius 2 is 1.96 bits per heavy atom. The maximum atomic E-state index is 12.4. The normalized spacial score (nSPS) is 26.5. The van der Waals surface area contributed by atoms with E-state index in [1.165, 1.54) is 0 Å². The highest BCUT2D eigenvalue weighted by atomic mass is 16.6. The molecule has 3 aliphatic rings. The van der Waals surface area contributed by atoms with Crippen LogP contribution in [0.4, 0.5) is 10.5 Å². The van der Waals surface area contributed by atoms with Crippen molar-refractivity contribution in [1.82, 2.24) is 14.7 Å². The second-order valence-corrected chi connectivity index (χ2v) is 7.96. The number of rotatable bonds is 1. The number of hydrogen-bond donors (Lipinski definition) is 0. The van der Waals surface area contributed by atoms with Crippen molar-refractivity contribution in [2.24, 2.45) is 0 Å². The maximum Gasteiger partial charge on any atom is 0.410 e. The van der Waals surface area contributed by atoms with Crippen LogP contribution in [0, 0.1) is 0 Å². The third-order valence-electron chi connectivity index (χ3n) is 4.88. The Hall–Kier alpha value is -1.76. The Morgan fingerprint density at radius 1 is 1.25 bits per heavy atom. The molecule has 132 valence electrons. The van der Waals surface area contributed by atoms with Gasteiger partial charge in [0.05, 0.1) is 42.9 Å². The van der Waals surface area contributed by atoms with E-state index in [9.17, 15) is 4.79 Å². The van der Waals surface area contributed by atoms with Crippen molar-refractivity contribution < 1.29 is 14.3 Å². The van der Waals surface area contributed by atoms with E-state index < -0.39 is 5.60 Å². The highest BCUT2D eigenvalue weighted by molar-refractivity contribution is 5.69. The molecule has 0 radical (unpaired) electrons. The molecule has 2 unspecified atom stereocenters. The average Bonchev–Trinajstić information content (AvgIpc) is 3.08. The van der Waals surface area contributed by atoms with E-state index in [4.69, 9.17) is 9.47 Å². The lowest BCUT2D eigenvalue weighted by atomic mass is 10.2. The number of ether oxygens (including phenoxy) is 2. The molecule has 0 N–H and O–H groups in total. The average molecular weight is 334 g/mol. The maximum absolute atomic E-state index is 12.4. The summed E-state index contributed by atoms with van der Waals surface area (Å²) in [5.74, 6) is 0. The summed E-state index contributed by atoms with van der Waals surface area (Å²) in [6.07, 6.45) is 4.67. The first-order valence-corrected chi connectivity index (χ1v) is 8.82. The Balaban J connectivity index is 1.51. The second kappa shape index (κ2) is 5.65. The summed E-state index contributed by atoms with van der Waals surface area (Å²) in [5, 5.41) is 4.53. The molecular formula is C17H26N4O3. The highest BCUT2D eigenvalue weighted by Crippen LogP contribution is 2.32. The molecule has 24 heavy (non-hydrogen) atoms. The highest BCUT2D eigenvalue weighted by Gasteiger charge is 2.36. The van der Waals surface area contributed by atoms with E-state index >= 15 is 0 Å². The number of carbonyl (C=O) groups excluding carboxylic acids is 1. The van der Waals surface area contributed by atoms with Crippen LogP contribution in [0.1, 0.15) is 39.3 Å². The molecule has 7 nitrogen and oxygen atoms in total. The van der Waals surface area contributed by atoms with Gasteiger partial charge in [-0.25, -0.2) is 4.79 Å². The van der Waals surface area contributed by atoms with Crippen molar-refractivity contribution in [2.75, 3.05) is 24.5 Å². The molecule has 0 aromatic carbocycles. The lowest BCUT2D eigenvalue weighted by Gasteiger charge is -2.35. The van der Waals surface area contributed by atoms with Crippen LogP contribution in [0.25, 0.3) is 0 Å². The van der Waals surface area contributed by atoms with Crippen LogP contribution in [-0.2, 0) is 22.6 Å². The quantitative estimate of drug-likeness (QED) is 0.786. The van der Waals surface area contributed by atoms with Gasteiger partial charge in [-0.2, -0.15) is 5.10 Å². The van der Waals surface area contributed by atoms with Gasteiger partial charge in [-0.05, 0) is 33.6 Å². The lowest BCUT2D eigenvalue weighted by molar-refractivity contribution is 0.0190. The fraction of sp³-hybridized carbons (Fsp3) is 0.765. The summed E-state index contributed by atoms with van der Waals surface area (Å²) in [4.78, 5) is 16.5. The SMILES string of the molecule is CC(C)(C)OC(=O)N1CCn2ncc(N3CC4CCC(C3)O4)c2C1. The van der Waals surface area contributed by atoms with Crippen LogP contribution in [0.3, 0.4) is 0 Å². The van der Waals surface area contributed by atoms with Crippen LogP contribution in [0.5, 0.6) is 0 Å². The molecule has 2 atom stereocenters. The van der Waals surface area contributed by atoms with Gasteiger partial charge in [0, 0.05) is 19.6 Å². The van der Waals surface area contributed by atoms with Crippen molar-refractivity contribution in [3.8, 4) is 0 Å². The second-order valence-electron chi connectivity index (χ2n) is 7.96. The predicted molar refractivity (Wildman–Crippen MR) is 89.0 cm³/mol. The summed E-state index contributed by atoms with van der Waals surface area (Å²) in [6.45, 7) is 9.43. The van der Waals surface area contributed by atoms with E-state index in [2.05, 4.69) is 10.00 Å². The van der Waals surface area contributed by atoms with Gasteiger partial charge in [0.25, 0.3) is 0 Å². The minimum atomic E-state index is -0.471. The molecule has 0 saturated carbocycles. The number of anilines is 1. The van der Waals surface area contributed by atoms with Crippen molar-refractivity contribution in [3.05, 3.63) is 11.9 Å². The molecule has 0 spiro atoms. The molecule has 1 aromatic rings. The predicted octanol–water partition coefficient (Wildman–Crippen LogP) is 2.00. The Morgan fingerprint density at radius 3 is 2.62 bits per heavy atom. The molecular weight excluding hydrogens is 308 g/mol. The first-order valence-electron chi connectivity index (χ1n) is 8.82. The van der Waals surface area contributed by atoms with E-state index in [0.29, 0.717) is 31.8 Å². The van der Waals surface area contributed by atoms with Gasteiger partial charge in [-0.1, -0.05) is 0 Å². The monoisotopic (exact) mass is 334 g/mol. The number of aromatic nitrogens is 2. The smallest absolute Gasteiger partial charge is 0.410 e. The third kappa shape index (κ3) is 2.97. The summed E-state index contributed by atoms with van der Waals surface area (Å²) >= 11 is 0. The molecule has 4 heterocycles. The summed E-state index contributed by atoms with van der Waals surface area (Å²) < 4.78 is 13.5. The van der Waals surface area contributed by atoms with Gasteiger partial charge in [-0.15, -0.1) is 0 Å². The first-order chi connectivity index (χ1) is 11.4. The van der Waals surface area contributed by atoms with E-state index in [0.717, 1.165) is 37.3 Å². The lowest BCUT2D eigenvalue weighted by Crippen LogP contribution is -2.45. The molecule has 0 aliphatic carbocycles. The van der Waals surface area contributed by atoms with Crippen LogP contribution in [-0.4, -0.2) is 58.2 Å². The number of nitrogens with zero attached hydrogens (tertiary/aromatic N) is 4. The number of morpholine rings is 1. The summed E-state index contributed by atoms with van der Waals surface area (Å²) in [6, 6.07) is 0. The van der Waals surface area contributed by atoms with Crippen LogP contribution in [0.2, 0.25) is 0 Å². The fourth-order valence-electron chi connectivity index (χ4n) is 3.79. The van der Waals surface area contributed by atoms with Crippen LogP contribution in [0.15, 0.2) is 6.20 Å². The Kier molecular flexibility index (Phi) is 3.71. The van der Waals surface area contributed by atoms with Crippen molar-refractivity contribution in [2.45, 2.75) is 64.5 Å². The van der Waals surface area contributed by atoms with Gasteiger partial charge in [-0.3, -0.25) is 4.68 Å². The molecule has 2 bridgehead atoms. The Bertz CT molecular complexity index is 624. The number of hydrogen-bond acceptors (Lipinski definition) is 5. The molecule has 2 fully saturated rings. The zero-order chi connectivity index (χ0) is 16.9. The van der Waals surface area contributed by atoms with E-state index in [-0.39, 0.29) is 6.09 Å². The zero-order valence-corrected chi connectivity index (χ0v) is 14.7. The van der Waals surface area contributed by atoms with Gasteiger partial charge in [0.15, 0.2) is 0 Å². The molecule has 1 aromatic heterocycles. The van der Waals surface area contributed by atoms with E-state index in [1.807, 2.05) is 31.6 Å². The Labute approximate surface area is 142 Å². The minimum absolute atomic E-state index is 0.247. The van der Waals surface area contributed by atoms with Gasteiger partial charge in [0.1, 0.15) is 5.60 Å². The van der Waals surface area contributed by atoms with Gasteiger partial charge in [0.2, 0.25) is 0 Å². The molecule has 1 amide bonds. The molecule has 7 heteroatoms. The minimum Gasteiger partial charge on any atom is -0.444 e. The summed E-state index contributed by atoms with van der Waals surface area (Å²) in [5.41, 5.74) is 1.78. The van der Waals surface area contributed by atoms with Gasteiger partial charge < -0.3 is 19.3 Å². The topological polar surface area (TPSA) is 59.8 Å².